The van der Waals surface area contributed by atoms with E-state index in [0.29, 0.717) is 47.2 Å². The van der Waals surface area contributed by atoms with Crippen LogP contribution in [-0.4, -0.2) is 54.0 Å². The van der Waals surface area contributed by atoms with Crippen LogP contribution in [0.15, 0.2) is 54.6 Å². The molecule has 1 atom stereocenters. The highest BCUT2D eigenvalue weighted by molar-refractivity contribution is 6.00. The first kappa shape index (κ1) is 25.2. The Morgan fingerprint density at radius 2 is 1.76 bits per heavy atom. The number of aryl methyl sites for hydroxylation is 2. The number of nitrogens with one attached hydrogen (secondary N) is 1. The molecule has 196 valence electrons. The molecule has 0 fully saturated rings. The number of phenols is 1. The highest BCUT2D eigenvalue weighted by Gasteiger charge is 2.42. The van der Waals surface area contributed by atoms with Crippen LogP contribution in [0, 0.1) is 13.8 Å². The Hall–Kier alpha value is -4.46. The van der Waals surface area contributed by atoms with Crippen LogP contribution in [0.1, 0.15) is 44.3 Å². The van der Waals surface area contributed by atoms with Crippen LogP contribution in [0.4, 0.5) is 0 Å². The Morgan fingerprint density at radius 3 is 2.47 bits per heavy atom. The Kier molecular flexibility index (Phi) is 6.72. The number of rotatable bonds is 8. The van der Waals surface area contributed by atoms with Crippen molar-refractivity contribution in [2.24, 2.45) is 0 Å². The highest BCUT2D eigenvalue weighted by atomic mass is 16.5. The van der Waals surface area contributed by atoms with E-state index in [0.717, 1.165) is 27.8 Å². The third-order valence-electron chi connectivity index (χ3n) is 7.06. The summed E-state index contributed by atoms with van der Waals surface area (Å²) in [5, 5.41) is 18.4. The van der Waals surface area contributed by atoms with Crippen LogP contribution in [0.2, 0.25) is 0 Å². The molecule has 0 saturated carbocycles. The summed E-state index contributed by atoms with van der Waals surface area (Å²) in [6, 6.07) is 16.8. The first-order chi connectivity index (χ1) is 18.4. The van der Waals surface area contributed by atoms with Gasteiger partial charge in [-0.25, -0.2) is 0 Å². The molecule has 0 radical (unpaired) electrons. The van der Waals surface area contributed by atoms with E-state index in [-0.39, 0.29) is 11.7 Å². The maximum absolute atomic E-state index is 13.8. The molecule has 5 rings (SSSR count). The third kappa shape index (κ3) is 4.32. The molecule has 1 aliphatic heterocycles. The minimum atomic E-state index is -0.415. The van der Waals surface area contributed by atoms with Gasteiger partial charge in [0, 0.05) is 17.7 Å². The number of carbonyl (C=O) groups excluding carboxylic acids is 1. The van der Waals surface area contributed by atoms with Crippen LogP contribution < -0.4 is 14.2 Å². The number of benzene rings is 3. The van der Waals surface area contributed by atoms with Crippen LogP contribution in [0.25, 0.3) is 11.3 Å². The second kappa shape index (κ2) is 10.1. The number of phenolic OH excluding ortho intramolecular Hbond substituents is 1. The lowest BCUT2D eigenvalue weighted by Gasteiger charge is -2.27. The van der Waals surface area contributed by atoms with E-state index in [2.05, 4.69) is 10.2 Å². The molecule has 38 heavy (non-hydrogen) atoms. The topological polar surface area (TPSA) is 96.9 Å². The minimum absolute atomic E-state index is 0.136. The number of aromatic amines is 1. The standard InChI is InChI=1S/C30H31N3O5/c1-17-13-18(2)25(22(34)14-17)27-26-28(32-31-27)30(35)33(29(26)20-7-6-8-21(16-20)36-3)12-11-19-9-10-23(37-4)24(15-19)38-5/h6-10,13-16,29,34H,11-12H2,1-5H3,(H,31,32). The maximum Gasteiger partial charge on any atom is 0.273 e. The van der Waals surface area contributed by atoms with Crippen molar-refractivity contribution in [2.75, 3.05) is 27.9 Å². The van der Waals surface area contributed by atoms with Crippen molar-refractivity contribution in [2.45, 2.75) is 26.3 Å². The Morgan fingerprint density at radius 1 is 0.974 bits per heavy atom. The Bertz CT molecular complexity index is 1490. The van der Waals surface area contributed by atoms with E-state index in [1.807, 2.05) is 67.3 Å². The van der Waals surface area contributed by atoms with E-state index in [1.165, 1.54) is 0 Å². The maximum atomic E-state index is 13.8. The number of fused-ring (bicyclic) bond motifs is 1. The highest BCUT2D eigenvalue weighted by Crippen LogP contribution is 2.46. The lowest BCUT2D eigenvalue weighted by atomic mass is 9.93. The predicted molar refractivity (Wildman–Crippen MR) is 144 cm³/mol. The molecule has 2 heterocycles. The number of ether oxygens (including phenoxy) is 3. The van der Waals surface area contributed by atoms with Gasteiger partial charge >= 0.3 is 0 Å². The van der Waals surface area contributed by atoms with Gasteiger partial charge in [-0.2, -0.15) is 5.10 Å². The van der Waals surface area contributed by atoms with Crippen LogP contribution in [-0.2, 0) is 6.42 Å². The first-order valence-electron chi connectivity index (χ1n) is 12.4. The van der Waals surface area contributed by atoms with Crippen molar-refractivity contribution in [1.82, 2.24) is 15.1 Å². The number of hydrogen-bond donors (Lipinski definition) is 2. The molecule has 0 spiro atoms. The Balaban J connectivity index is 1.58. The molecule has 1 aromatic heterocycles. The normalized spacial score (nSPS) is 14.5. The largest absolute Gasteiger partial charge is 0.507 e. The van der Waals surface area contributed by atoms with Gasteiger partial charge in [0.15, 0.2) is 11.5 Å². The summed E-state index contributed by atoms with van der Waals surface area (Å²) < 4.78 is 16.3. The second-order valence-corrected chi connectivity index (χ2v) is 9.45. The smallest absolute Gasteiger partial charge is 0.273 e. The van der Waals surface area contributed by atoms with Crippen molar-refractivity contribution in [1.29, 1.82) is 0 Å². The Labute approximate surface area is 221 Å². The molecule has 3 aromatic carbocycles. The summed E-state index contributed by atoms with van der Waals surface area (Å²) in [4.78, 5) is 15.6. The SMILES string of the molecule is COc1cccc(C2c3c(-c4c(C)cc(C)cc4O)n[nH]c3C(=O)N2CCc2ccc(OC)c(OC)c2)c1. The van der Waals surface area contributed by atoms with Gasteiger partial charge in [-0.3, -0.25) is 9.89 Å². The first-order valence-corrected chi connectivity index (χ1v) is 12.4. The van der Waals surface area contributed by atoms with Crippen LogP contribution in [0.3, 0.4) is 0 Å². The number of nitrogens with zero attached hydrogens (tertiary/aromatic N) is 2. The van der Waals surface area contributed by atoms with Gasteiger partial charge in [0.25, 0.3) is 5.91 Å². The molecule has 0 saturated heterocycles. The molecule has 2 N–H and O–H groups in total. The fraction of sp³-hybridized carbons (Fsp3) is 0.267. The van der Waals surface area contributed by atoms with Crippen molar-refractivity contribution in [3.63, 3.8) is 0 Å². The van der Waals surface area contributed by atoms with Gasteiger partial charge in [-0.1, -0.05) is 24.3 Å². The molecule has 0 aliphatic carbocycles. The van der Waals surface area contributed by atoms with Crippen molar-refractivity contribution >= 4 is 5.91 Å². The zero-order chi connectivity index (χ0) is 27.0. The van der Waals surface area contributed by atoms with Crippen molar-refractivity contribution in [3.8, 4) is 34.3 Å². The van der Waals surface area contributed by atoms with Crippen molar-refractivity contribution in [3.05, 3.63) is 88.1 Å². The number of hydrogen-bond acceptors (Lipinski definition) is 6. The number of methoxy groups -OCH3 is 3. The number of H-pyrrole nitrogens is 1. The van der Waals surface area contributed by atoms with E-state index in [9.17, 15) is 9.90 Å². The van der Waals surface area contributed by atoms with E-state index >= 15 is 0 Å². The summed E-state index contributed by atoms with van der Waals surface area (Å²) in [6.45, 7) is 4.33. The van der Waals surface area contributed by atoms with E-state index in [4.69, 9.17) is 14.2 Å². The molecule has 8 nitrogen and oxygen atoms in total. The average Bonchev–Trinajstić information content (AvgIpc) is 3.45. The van der Waals surface area contributed by atoms with Crippen LogP contribution >= 0.6 is 0 Å². The number of aromatic nitrogens is 2. The molecule has 1 unspecified atom stereocenters. The average molecular weight is 514 g/mol. The lowest BCUT2D eigenvalue weighted by Crippen LogP contribution is -2.31. The molecule has 8 heteroatoms. The summed E-state index contributed by atoms with van der Waals surface area (Å²) in [5.74, 6) is 1.99. The number of amides is 1. The summed E-state index contributed by atoms with van der Waals surface area (Å²) in [6.07, 6.45) is 0.606. The second-order valence-electron chi connectivity index (χ2n) is 9.45. The van der Waals surface area contributed by atoms with Crippen LogP contribution in [0.5, 0.6) is 23.0 Å². The molecule has 1 aliphatic rings. The molecule has 4 aromatic rings. The zero-order valence-electron chi connectivity index (χ0n) is 22.2. The number of carbonyl (C=O) groups is 1. The fourth-order valence-electron chi connectivity index (χ4n) is 5.31. The summed E-state index contributed by atoms with van der Waals surface area (Å²) in [5.41, 5.74) is 6.12. The van der Waals surface area contributed by atoms with Gasteiger partial charge < -0.3 is 24.2 Å². The zero-order valence-corrected chi connectivity index (χ0v) is 22.2. The predicted octanol–water partition coefficient (Wildman–Crippen LogP) is 5.21. The molecular weight excluding hydrogens is 482 g/mol. The molecule has 1 amide bonds. The van der Waals surface area contributed by atoms with Gasteiger partial charge in [0.1, 0.15) is 22.9 Å². The molecular formula is C30H31N3O5. The van der Waals surface area contributed by atoms with Gasteiger partial charge in [0.2, 0.25) is 0 Å². The van der Waals surface area contributed by atoms with Crippen molar-refractivity contribution < 1.29 is 24.1 Å². The van der Waals surface area contributed by atoms with Gasteiger partial charge in [0.05, 0.1) is 27.4 Å². The molecule has 0 bridgehead atoms. The quantitative estimate of drug-likeness (QED) is 0.336. The van der Waals surface area contributed by atoms with Gasteiger partial charge in [-0.15, -0.1) is 0 Å². The number of aromatic hydroxyl groups is 1. The third-order valence-corrected chi connectivity index (χ3v) is 7.06. The summed E-state index contributed by atoms with van der Waals surface area (Å²) >= 11 is 0. The fourth-order valence-corrected chi connectivity index (χ4v) is 5.31. The lowest BCUT2D eigenvalue weighted by molar-refractivity contribution is 0.0745. The van der Waals surface area contributed by atoms with E-state index in [1.54, 1.807) is 27.4 Å². The van der Waals surface area contributed by atoms with Gasteiger partial charge in [-0.05, 0) is 72.9 Å². The minimum Gasteiger partial charge on any atom is -0.507 e. The summed E-state index contributed by atoms with van der Waals surface area (Å²) in [7, 11) is 4.83. The monoisotopic (exact) mass is 513 g/mol. The van der Waals surface area contributed by atoms with E-state index < -0.39 is 6.04 Å².